The van der Waals surface area contributed by atoms with Gasteiger partial charge < -0.3 is 19.7 Å². The molecule has 0 atom stereocenters. The Hall–Kier alpha value is -1.75. The van der Waals surface area contributed by atoms with Crippen molar-refractivity contribution in [3.63, 3.8) is 0 Å². The van der Waals surface area contributed by atoms with Gasteiger partial charge in [-0.05, 0) is 50.6 Å². The summed E-state index contributed by atoms with van der Waals surface area (Å²) in [6, 6.07) is 5.57. The van der Waals surface area contributed by atoms with Gasteiger partial charge in [-0.2, -0.15) is 0 Å². The molecule has 0 aliphatic carbocycles. The smallest absolute Gasteiger partial charge is 0.227 e. The summed E-state index contributed by atoms with van der Waals surface area (Å²) < 4.78 is 10.6. The van der Waals surface area contributed by atoms with Crippen LogP contribution in [0, 0.1) is 5.92 Å². The van der Waals surface area contributed by atoms with Gasteiger partial charge in [0.05, 0.1) is 20.6 Å². The molecule has 1 fully saturated rings. The Morgan fingerprint density at radius 3 is 2.59 bits per heavy atom. The van der Waals surface area contributed by atoms with Gasteiger partial charge in [-0.25, -0.2) is 0 Å². The van der Waals surface area contributed by atoms with Crippen LogP contribution in [0.3, 0.4) is 0 Å². The molecule has 1 aromatic carbocycles. The van der Waals surface area contributed by atoms with Gasteiger partial charge >= 0.3 is 0 Å². The number of nitrogens with one attached hydrogen (secondary N) is 1. The zero-order valence-corrected chi connectivity index (χ0v) is 13.7. The Kier molecular flexibility index (Phi) is 6.07. The van der Waals surface area contributed by atoms with E-state index in [2.05, 4.69) is 5.32 Å². The lowest BCUT2D eigenvalue weighted by Gasteiger charge is -2.32. The standard InChI is InChI=1S/C17H26N2O3/c1-18-12-13-6-8-19(9-7-13)17(20)11-14-10-15(21-2)4-5-16(14)22-3/h4-5,10,13,18H,6-9,11-12H2,1-3H3. The highest BCUT2D eigenvalue weighted by atomic mass is 16.5. The molecule has 1 amide bonds. The fraction of sp³-hybridized carbons (Fsp3) is 0.588. The fourth-order valence-electron chi connectivity index (χ4n) is 2.97. The number of nitrogens with zero attached hydrogens (tertiary/aromatic N) is 1. The summed E-state index contributed by atoms with van der Waals surface area (Å²) in [6.45, 7) is 2.72. The van der Waals surface area contributed by atoms with Crippen molar-refractivity contribution in [2.24, 2.45) is 5.92 Å². The predicted octanol–water partition coefficient (Wildman–Crippen LogP) is 1.70. The number of carbonyl (C=O) groups excluding carboxylic acids is 1. The molecule has 1 saturated heterocycles. The Morgan fingerprint density at radius 1 is 1.27 bits per heavy atom. The van der Waals surface area contributed by atoms with Crippen LogP contribution in [0.2, 0.25) is 0 Å². The van der Waals surface area contributed by atoms with E-state index in [9.17, 15) is 4.79 Å². The molecular formula is C17H26N2O3. The van der Waals surface area contributed by atoms with Gasteiger partial charge in [-0.3, -0.25) is 4.79 Å². The van der Waals surface area contributed by atoms with Crippen LogP contribution in [0.1, 0.15) is 18.4 Å². The van der Waals surface area contributed by atoms with Crippen LogP contribution in [-0.4, -0.2) is 51.7 Å². The number of piperidine rings is 1. The molecule has 0 radical (unpaired) electrons. The number of amides is 1. The molecule has 0 aromatic heterocycles. The van der Waals surface area contributed by atoms with Crippen molar-refractivity contribution in [3.05, 3.63) is 23.8 Å². The number of benzene rings is 1. The Bertz CT molecular complexity index is 497. The van der Waals surface area contributed by atoms with E-state index >= 15 is 0 Å². The zero-order valence-electron chi connectivity index (χ0n) is 13.7. The van der Waals surface area contributed by atoms with Crippen LogP contribution < -0.4 is 14.8 Å². The molecule has 1 N–H and O–H groups in total. The second-order valence-electron chi connectivity index (χ2n) is 5.74. The molecular weight excluding hydrogens is 280 g/mol. The Morgan fingerprint density at radius 2 is 2.00 bits per heavy atom. The van der Waals surface area contributed by atoms with Crippen molar-refractivity contribution in [1.29, 1.82) is 0 Å². The summed E-state index contributed by atoms with van der Waals surface area (Å²) in [6.07, 6.45) is 2.50. The molecule has 0 unspecified atom stereocenters. The molecule has 0 spiro atoms. The number of hydrogen-bond acceptors (Lipinski definition) is 4. The second-order valence-corrected chi connectivity index (χ2v) is 5.74. The molecule has 2 rings (SSSR count). The second kappa shape index (κ2) is 8.03. The first-order valence-electron chi connectivity index (χ1n) is 7.81. The number of likely N-dealkylation sites (tertiary alicyclic amines) is 1. The summed E-state index contributed by atoms with van der Waals surface area (Å²) >= 11 is 0. The summed E-state index contributed by atoms with van der Waals surface area (Å²) in [5, 5.41) is 3.22. The van der Waals surface area contributed by atoms with Gasteiger partial charge in [-0.15, -0.1) is 0 Å². The highest BCUT2D eigenvalue weighted by Gasteiger charge is 2.23. The van der Waals surface area contributed by atoms with Crippen molar-refractivity contribution < 1.29 is 14.3 Å². The first kappa shape index (κ1) is 16.6. The Balaban J connectivity index is 1.97. The number of methoxy groups -OCH3 is 2. The van der Waals surface area contributed by atoms with E-state index in [1.165, 1.54) is 0 Å². The van der Waals surface area contributed by atoms with Crippen LogP contribution >= 0.6 is 0 Å². The quantitative estimate of drug-likeness (QED) is 0.869. The molecule has 1 aromatic rings. The van der Waals surface area contributed by atoms with Crippen LogP contribution in [0.5, 0.6) is 11.5 Å². The van der Waals surface area contributed by atoms with E-state index in [1.54, 1.807) is 14.2 Å². The van der Waals surface area contributed by atoms with Crippen molar-refractivity contribution in [1.82, 2.24) is 10.2 Å². The van der Waals surface area contributed by atoms with Crippen LogP contribution in [0.4, 0.5) is 0 Å². The third-order valence-corrected chi connectivity index (χ3v) is 4.29. The van der Waals surface area contributed by atoms with E-state index in [-0.39, 0.29) is 5.91 Å². The average molecular weight is 306 g/mol. The maximum absolute atomic E-state index is 12.5. The number of carbonyl (C=O) groups is 1. The van der Waals surface area contributed by atoms with E-state index in [0.29, 0.717) is 12.3 Å². The predicted molar refractivity (Wildman–Crippen MR) is 86.5 cm³/mol. The number of rotatable bonds is 6. The fourth-order valence-corrected chi connectivity index (χ4v) is 2.97. The van der Waals surface area contributed by atoms with Crippen molar-refractivity contribution in [2.75, 3.05) is 40.9 Å². The van der Waals surface area contributed by atoms with Crippen LogP contribution in [-0.2, 0) is 11.2 Å². The maximum Gasteiger partial charge on any atom is 0.227 e. The molecule has 0 bridgehead atoms. The highest BCUT2D eigenvalue weighted by molar-refractivity contribution is 5.79. The molecule has 1 aliphatic rings. The first-order chi connectivity index (χ1) is 10.7. The van der Waals surface area contributed by atoms with Crippen molar-refractivity contribution in [2.45, 2.75) is 19.3 Å². The molecule has 5 heteroatoms. The lowest BCUT2D eigenvalue weighted by Crippen LogP contribution is -2.41. The molecule has 5 nitrogen and oxygen atoms in total. The SMILES string of the molecule is CNCC1CCN(C(=O)Cc2cc(OC)ccc2OC)CC1. The minimum Gasteiger partial charge on any atom is -0.497 e. The molecule has 22 heavy (non-hydrogen) atoms. The minimum absolute atomic E-state index is 0.162. The van der Waals surface area contributed by atoms with Crippen LogP contribution in [0.25, 0.3) is 0 Å². The topological polar surface area (TPSA) is 50.8 Å². The minimum atomic E-state index is 0.162. The normalized spacial score (nSPS) is 15.7. The third-order valence-electron chi connectivity index (χ3n) is 4.29. The van der Waals surface area contributed by atoms with Gasteiger partial charge in [-0.1, -0.05) is 0 Å². The summed E-state index contributed by atoms with van der Waals surface area (Å²) in [4.78, 5) is 14.5. The van der Waals surface area contributed by atoms with Gasteiger partial charge in [0.1, 0.15) is 11.5 Å². The summed E-state index contributed by atoms with van der Waals surface area (Å²) in [7, 11) is 5.23. The van der Waals surface area contributed by atoms with E-state index < -0.39 is 0 Å². The first-order valence-corrected chi connectivity index (χ1v) is 7.81. The lowest BCUT2D eigenvalue weighted by atomic mass is 9.96. The molecule has 0 saturated carbocycles. The average Bonchev–Trinajstić information content (AvgIpc) is 2.55. The maximum atomic E-state index is 12.5. The number of ether oxygens (including phenoxy) is 2. The molecule has 122 valence electrons. The van der Waals surface area contributed by atoms with E-state index in [0.717, 1.165) is 49.5 Å². The Labute approximate surface area is 132 Å². The highest BCUT2D eigenvalue weighted by Crippen LogP contribution is 2.25. The van der Waals surface area contributed by atoms with Crippen molar-refractivity contribution >= 4 is 5.91 Å². The van der Waals surface area contributed by atoms with Gasteiger partial charge in [0.2, 0.25) is 5.91 Å². The van der Waals surface area contributed by atoms with Gasteiger partial charge in [0.25, 0.3) is 0 Å². The zero-order chi connectivity index (χ0) is 15.9. The molecule has 1 aliphatic heterocycles. The van der Waals surface area contributed by atoms with Crippen LogP contribution in [0.15, 0.2) is 18.2 Å². The van der Waals surface area contributed by atoms with E-state index in [1.807, 2.05) is 30.1 Å². The number of hydrogen-bond donors (Lipinski definition) is 1. The molecule has 1 heterocycles. The monoisotopic (exact) mass is 306 g/mol. The van der Waals surface area contributed by atoms with Crippen molar-refractivity contribution in [3.8, 4) is 11.5 Å². The van der Waals surface area contributed by atoms with E-state index in [4.69, 9.17) is 9.47 Å². The third kappa shape index (κ3) is 4.13. The van der Waals surface area contributed by atoms with Gasteiger partial charge in [0.15, 0.2) is 0 Å². The van der Waals surface area contributed by atoms with Gasteiger partial charge in [0, 0.05) is 18.7 Å². The lowest BCUT2D eigenvalue weighted by molar-refractivity contribution is -0.131. The largest absolute Gasteiger partial charge is 0.497 e. The summed E-state index contributed by atoms with van der Waals surface area (Å²) in [5.74, 6) is 2.32. The summed E-state index contributed by atoms with van der Waals surface area (Å²) in [5.41, 5.74) is 0.879.